The number of nitrogens with one attached hydrogen (secondary N) is 1. The molecule has 0 aromatic heterocycles. The van der Waals surface area contributed by atoms with Gasteiger partial charge in [-0.05, 0) is 26.0 Å². The molecule has 0 saturated carbocycles. The van der Waals surface area contributed by atoms with E-state index in [-0.39, 0.29) is 11.8 Å². The molecule has 0 aliphatic carbocycles. The van der Waals surface area contributed by atoms with E-state index < -0.39 is 6.04 Å². The van der Waals surface area contributed by atoms with Crippen molar-refractivity contribution in [3.8, 4) is 0 Å². The van der Waals surface area contributed by atoms with Crippen LogP contribution in [0.15, 0.2) is 24.3 Å². The number of ether oxygens (including phenoxy) is 1. The lowest BCUT2D eigenvalue weighted by atomic mass is 10.1. The molecular formula is C12H15NO3. The van der Waals surface area contributed by atoms with E-state index in [9.17, 15) is 9.59 Å². The Kier molecular flexibility index (Phi) is 4.05. The summed E-state index contributed by atoms with van der Waals surface area (Å²) in [6, 6.07) is 6.58. The number of hydrogen-bond donors (Lipinski definition) is 1. The second kappa shape index (κ2) is 5.30. The van der Waals surface area contributed by atoms with E-state index in [1.54, 1.807) is 31.2 Å². The second-order valence-electron chi connectivity index (χ2n) is 3.49. The third-order valence-electron chi connectivity index (χ3n) is 2.23. The van der Waals surface area contributed by atoms with Crippen LogP contribution in [0.3, 0.4) is 0 Å². The van der Waals surface area contributed by atoms with Crippen LogP contribution in [0.1, 0.15) is 24.2 Å². The molecule has 4 heteroatoms. The molecule has 0 spiro atoms. The van der Waals surface area contributed by atoms with Gasteiger partial charge >= 0.3 is 5.97 Å². The highest BCUT2D eigenvalue weighted by Crippen LogP contribution is 2.16. The molecule has 0 heterocycles. The minimum atomic E-state index is -0.481. The smallest absolute Gasteiger partial charge is 0.327 e. The summed E-state index contributed by atoms with van der Waals surface area (Å²) in [6.07, 6.45) is 0. The van der Waals surface area contributed by atoms with Crippen molar-refractivity contribution in [1.82, 2.24) is 0 Å². The third-order valence-corrected chi connectivity index (χ3v) is 2.23. The highest BCUT2D eigenvalue weighted by Gasteiger charge is 2.15. The number of para-hydroxylation sites is 1. The Balaban J connectivity index is 2.88. The minimum Gasteiger partial charge on any atom is -0.467 e. The molecular weight excluding hydrogens is 206 g/mol. The summed E-state index contributed by atoms with van der Waals surface area (Å²) in [7, 11) is 1.33. The van der Waals surface area contributed by atoms with Crippen LogP contribution in [0.2, 0.25) is 0 Å². The van der Waals surface area contributed by atoms with Gasteiger partial charge in [-0.2, -0.15) is 0 Å². The molecule has 1 aromatic carbocycles. The monoisotopic (exact) mass is 221 g/mol. The number of methoxy groups -OCH3 is 1. The molecule has 0 bridgehead atoms. The van der Waals surface area contributed by atoms with E-state index in [1.807, 2.05) is 0 Å². The van der Waals surface area contributed by atoms with Crippen molar-refractivity contribution >= 4 is 17.4 Å². The molecule has 1 aromatic rings. The zero-order valence-corrected chi connectivity index (χ0v) is 9.61. The van der Waals surface area contributed by atoms with Gasteiger partial charge in [0, 0.05) is 11.3 Å². The van der Waals surface area contributed by atoms with Crippen LogP contribution in [0.25, 0.3) is 0 Å². The van der Waals surface area contributed by atoms with Crippen LogP contribution in [0.4, 0.5) is 5.69 Å². The normalized spacial score (nSPS) is 11.7. The minimum absolute atomic E-state index is 0.0415. The summed E-state index contributed by atoms with van der Waals surface area (Å²) in [5, 5.41) is 2.95. The molecule has 16 heavy (non-hydrogen) atoms. The number of carbonyl (C=O) groups excluding carboxylic acids is 2. The molecule has 0 saturated heterocycles. The summed E-state index contributed by atoms with van der Waals surface area (Å²) in [6.45, 7) is 3.17. The highest BCUT2D eigenvalue weighted by molar-refractivity contribution is 6.00. The van der Waals surface area contributed by atoms with Gasteiger partial charge in [-0.25, -0.2) is 4.79 Å². The molecule has 86 valence electrons. The number of esters is 1. The first-order chi connectivity index (χ1) is 7.56. The summed E-state index contributed by atoms with van der Waals surface area (Å²) < 4.78 is 4.60. The van der Waals surface area contributed by atoms with Crippen LogP contribution >= 0.6 is 0 Å². The van der Waals surface area contributed by atoms with Crippen LogP contribution in [0.5, 0.6) is 0 Å². The van der Waals surface area contributed by atoms with E-state index in [0.29, 0.717) is 11.3 Å². The predicted octanol–water partition coefficient (Wildman–Crippen LogP) is 1.86. The van der Waals surface area contributed by atoms with Gasteiger partial charge in [-0.15, -0.1) is 0 Å². The molecule has 0 radical (unpaired) electrons. The Morgan fingerprint density at radius 1 is 1.31 bits per heavy atom. The molecule has 0 amide bonds. The van der Waals surface area contributed by atoms with E-state index in [1.165, 1.54) is 14.0 Å². The maximum atomic E-state index is 11.3. The summed E-state index contributed by atoms with van der Waals surface area (Å²) in [4.78, 5) is 22.6. The van der Waals surface area contributed by atoms with Crippen molar-refractivity contribution in [1.29, 1.82) is 0 Å². The van der Waals surface area contributed by atoms with Gasteiger partial charge in [0.25, 0.3) is 0 Å². The zero-order valence-electron chi connectivity index (χ0n) is 9.61. The molecule has 1 rings (SSSR count). The first kappa shape index (κ1) is 12.2. The third kappa shape index (κ3) is 2.82. The number of anilines is 1. The molecule has 4 nitrogen and oxygen atoms in total. The molecule has 1 atom stereocenters. The summed E-state index contributed by atoms with van der Waals surface area (Å²) in [5.74, 6) is -0.404. The molecule has 1 N–H and O–H groups in total. The number of rotatable bonds is 4. The van der Waals surface area contributed by atoms with Gasteiger partial charge in [0.1, 0.15) is 6.04 Å². The number of hydrogen-bond acceptors (Lipinski definition) is 4. The lowest BCUT2D eigenvalue weighted by Gasteiger charge is -2.14. The van der Waals surface area contributed by atoms with E-state index in [2.05, 4.69) is 10.1 Å². The predicted molar refractivity (Wildman–Crippen MR) is 61.5 cm³/mol. The van der Waals surface area contributed by atoms with Gasteiger partial charge in [0.15, 0.2) is 5.78 Å². The Hall–Kier alpha value is -1.84. The van der Waals surface area contributed by atoms with Crippen LogP contribution in [-0.4, -0.2) is 24.9 Å². The standard InChI is InChI=1S/C12H15NO3/c1-8(12(15)16-3)13-11-7-5-4-6-10(11)9(2)14/h4-8,13H,1-3H3/t8-/m0/s1. The average Bonchev–Trinajstić information content (AvgIpc) is 2.28. The van der Waals surface area contributed by atoms with Crippen molar-refractivity contribution in [2.24, 2.45) is 0 Å². The number of carbonyl (C=O) groups is 2. The van der Waals surface area contributed by atoms with Crippen molar-refractivity contribution in [2.75, 3.05) is 12.4 Å². The number of Topliss-reactive ketones (excluding diaryl/α,β-unsaturated/α-hetero) is 1. The molecule has 0 fully saturated rings. The van der Waals surface area contributed by atoms with Crippen LogP contribution in [-0.2, 0) is 9.53 Å². The van der Waals surface area contributed by atoms with Crippen molar-refractivity contribution in [3.05, 3.63) is 29.8 Å². The summed E-state index contributed by atoms with van der Waals surface area (Å²) in [5.41, 5.74) is 1.21. The van der Waals surface area contributed by atoms with Crippen LogP contribution < -0.4 is 5.32 Å². The second-order valence-corrected chi connectivity index (χ2v) is 3.49. The summed E-state index contributed by atoms with van der Waals surface area (Å²) >= 11 is 0. The van der Waals surface area contributed by atoms with Gasteiger partial charge in [-0.3, -0.25) is 4.79 Å². The Morgan fingerprint density at radius 2 is 1.94 bits per heavy atom. The average molecular weight is 221 g/mol. The van der Waals surface area contributed by atoms with E-state index in [4.69, 9.17) is 0 Å². The lowest BCUT2D eigenvalue weighted by molar-refractivity contribution is -0.141. The zero-order chi connectivity index (χ0) is 12.1. The fourth-order valence-electron chi connectivity index (χ4n) is 1.38. The first-order valence-electron chi connectivity index (χ1n) is 5.00. The maximum absolute atomic E-state index is 11.3. The molecule has 0 aliphatic heterocycles. The molecule has 0 aliphatic rings. The lowest BCUT2D eigenvalue weighted by Crippen LogP contribution is -2.27. The Labute approximate surface area is 94.6 Å². The van der Waals surface area contributed by atoms with Gasteiger partial charge < -0.3 is 10.1 Å². The van der Waals surface area contributed by atoms with E-state index in [0.717, 1.165) is 0 Å². The van der Waals surface area contributed by atoms with Gasteiger partial charge in [0.2, 0.25) is 0 Å². The van der Waals surface area contributed by atoms with Crippen molar-refractivity contribution < 1.29 is 14.3 Å². The molecule has 0 unspecified atom stereocenters. The van der Waals surface area contributed by atoms with E-state index >= 15 is 0 Å². The fourth-order valence-corrected chi connectivity index (χ4v) is 1.38. The SMILES string of the molecule is COC(=O)[C@H](C)Nc1ccccc1C(C)=O. The van der Waals surface area contributed by atoms with Gasteiger partial charge in [0.05, 0.1) is 7.11 Å². The maximum Gasteiger partial charge on any atom is 0.327 e. The van der Waals surface area contributed by atoms with Gasteiger partial charge in [-0.1, -0.05) is 12.1 Å². The largest absolute Gasteiger partial charge is 0.467 e. The van der Waals surface area contributed by atoms with Crippen LogP contribution in [0, 0.1) is 0 Å². The topological polar surface area (TPSA) is 55.4 Å². The fraction of sp³-hybridized carbons (Fsp3) is 0.333. The highest BCUT2D eigenvalue weighted by atomic mass is 16.5. The Bertz CT molecular complexity index is 401. The Morgan fingerprint density at radius 3 is 2.50 bits per heavy atom. The first-order valence-corrected chi connectivity index (χ1v) is 5.00. The van der Waals surface area contributed by atoms with Crippen molar-refractivity contribution in [2.45, 2.75) is 19.9 Å². The van der Waals surface area contributed by atoms with Crippen molar-refractivity contribution in [3.63, 3.8) is 0 Å². The number of ketones is 1. The quantitative estimate of drug-likeness (QED) is 0.623. The number of benzene rings is 1.